The van der Waals surface area contributed by atoms with E-state index in [2.05, 4.69) is 23.8 Å². The van der Waals surface area contributed by atoms with Gasteiger partial charge in [0.1, 0.15) is 0 Å². The summed E-state index contributed by atoms with van der Waals surface area (Å²) >= 11 is 0. The molecule has 0 atom stereocenters. The first-order valence-electron chi connectivity index (χ1n) is 3.96. The second-order valence-corrected chi connectivity index (χ2v) is 2.38. The van der Waals surface area contributed by atoms with Crippen LogP contribution in [0.4, 0.5) is 0 Å². The summed E-state index contributed by atoms with van der Waals surface area (Å²) in [5.74, 6) is 0.152. The highest BCUT2D eigenvalue weighted by Gasteiger charge is 1.97. The molecule has 68 valence electrons. The quantitative estimate of drug-likeness (QED) is 0.399. The van der Waals surface area contributed by atoms with Gasteiger partial charge in [-0.05, 0) is 0 Å². The van der Waals surface area contributed by atoms with Crippen LogP contribution in [0.5, 0.6) is 0 Å². The summed E-state index contributed by atoms with van der Waals surface area (Å²) in [6, 6.07) is 0. The highest BCUT2D eigenvalue weighted by atomic mass is 16.1. The molecule has 3 heteroatoms. The minimum Gasteiger partial charge on any atom is -0.306 e. The van der Waals surface area contributed by atoms with Crippen molar-refractivity contribution in [2.45, 2.75) is 0 Å². The number of rotatable bonds is 8. The first-order valence-corrected chi connectivity index (χ1v) is 3.96. The van der Waals surface area contributed by atoms with Gasteiger partial charge >= 0.3 is 0 Å². The van der Waals surface area contributed by atoms with Crippen LogP contribution >= 0.6 is 0 Å². The standard InChI is InChI=1S/C9H16N2O/c1-3-5-10-7-9(12)8-11-6-4-2/h3-4,10-11H,1-2,5-8H2. The smallest absolute Gasteiger partial charge is 0.160 e. The van der Waals surface area contributed by atoms with Crippen LogP contribution in [0.15, 0.2) is 25.3 Å². The van der Waals surface area contributed by atoms with Gasteiger partial charge in [0.25, 0.3) is 0 Å². The van der Waals surface area contributed by atoms with Crippen molar-refractivity contribution in [1.29, 1.82) is 0 Å². The molecule has 0 aliphatic heterocycles. The van der Waals surface area contributed by atoms with Crippen molar-refractivity contribution in [2.75, 3.05) is 26.2 Å². The summed E-state index contributed by atoms with van der Waals surface area (Å²) in [7, 11) is 0. The number of carbonyl (C=O) groups is 1. The maximum Gasteiger partial charge on any atom is 0.160 e. The van der Waals surface area contributed by atoms with Crippen molar-refractivity contribution < 1.29 is 4.79 Å². The van der Waals surface area contributed by atoms with Crippen LogP contribution in [0.3, 0.4) is 0 Å². The third-order valence-corrected chi connectivity index (χ3v) is 1.22. The zero-order valence-electron chi connectivity index (χ0n) is 7.31. The highest BCUT2D eigenvalue weighted by Crippen LogP contribution is 1.69. The average Bonchev–Trinajstić information content (AvgIpc) is 2.06. The summed E-state index contributed by atoms with van der Waals surface area (Å²) in [4.78, 5) is 11.0. The van der Waals surface area contributed by atoms with Gasteiger partial charge < -0.3 is 10.6 Å². The van der Waals surface area contributed by atoms with E-state index in [4.69, 9.17) is 0 Å². The Bertz CT molecular complexity index is 139. The predicted octanol–water partition coefficient (Wildman–Crippen LogP) is 0.107. The third-order valence-electron chi connectivity index (χ3n) is 1.22. The predicted molar refractivity (Wildman–Crippen MR) is 51.1 cm³/mol. The van der Waals surface area contributed by atoms with Crippen molar-refractivity contribution in [1.82, 2.24) is 10.6 Å². The molecule has 0 unspecified atom stereocenters. The zero-order valence-corrected chi connectivity index (χ0v) is 7.31. The van der Waals surface area contributed by atoms with Crippen LogP contribution in [0.2, 0.25) is 0 Å². The minimum absolute atomic E-state index is 0.152. The van der Waals surface area contributed by atoms with Crippen molar-refractivity contribution in [3.63, 3.8) is 0 Å². The molecule has 0 aromatic rings. The molecule has 0 aliphatic rings. The van der Waals surface area contributed by atoms with Gasteiger partial charge in [-0.15, -0.1) is 13.2 Å². The van der Waals surface area contributed by atoms with Crippen LogP contribution in [0.25, 0.3) is 0 Å². The second-order valence-electron chi connectivity index (χ2n) is 2.38. The molecule has 0 aromatic heterocycles. The normalized spacial score (nSPS) is 9.33. The summed E-state index contributed by atoms with van der Waals surface area (Å²) in [6.45, 7) is 9.21. The number of hydrogen-bond donors (Lipinski definition) is 2. The number of carbonyl (C=O) groups excluding carboxylic acids is 1. The van der Waals surface area contributed by atoms with E-state index in [1.54, 1.807) is 12.2 Å². The molecule has 0 aromatic carbocycles. The number of hydrogen-bond acceptors (Lipinski definition) is 3. The molecule has 0 heterocycles. The molecular weight excluding hydrogens is 152 g/mol. The summed E-state index contributed by atoms with van der Waals surface area (Å²) in [5, 5.41) is 5.86. The monoisotopic (exact) mass is 168 g/mol. The molecule has 0 rings (SSSR count). The fraction of sp³-hybridized carbons (Fsp3) is 0.444. The molecule has 0 saturated heterocycles. The molecule has 2 N–H and O–H groups in total. The Morgan fingerprint density at radius 2 is 1.50 bits per heavy atom. The Balaban J connectivity index is 3.21. The summed E-state index contributed by atoms with van der Waals surface area (Å²) in [5.41, 5.74) is 0. The Morgan fingerprint density at radius 3 is 1.83 bits per heavy atom. The lowest BCUT2D eigenvalue weighted by Crippen LogP contribution is -2.31. The SMILES string of the molecule is C=CCNCC(=O)CNCC=C. The maximum absolute atomic E-state index is 11.0. The molecule has 0 spiro atoms. The molecular formula is C9H16N2O. The second kappa shape index (κ2) is 8.17. The van der Waals surface area contributed by atoms with Crippen molar-refractivity contribution in [3.05, 3.63) is 25.3 Å². The first-order chi connectivity index (χ1) is 5.81. The van der Waals surface area contributed by atoms with E-state index >= 15 is 0 Å². The highest BCUT2D eigenvalue weighted by molar-refractivity contribution is 5.82. The van der Waals surface area contributed by atoms with Crippen LogP contribution in [0, 0.1) is 0 Å². The van der Waals surface area contributed by atoms with Gasteiger partial charge in [0.15, 0.2) is 5.78 Å². The fourth-order valence-electron chi connectivity index (χ4n) is 0.690. The molecule has 0 amide bonds. The van der Waals surface area contributed by atoms with E-state index < -0.39 is 0 Å². The van der Waals surface area contributed by atoms with Crippen LogP contribution in [0.1, 0.15) is 0 Å². The largest absolute Gasteiger partial charge is 0.306 e. The molecule has 0 radical (unpaired) electrons. The Kier molecular flexibility index (Phi) is 7.54. The van der Waals surface area contributed by atoms with Gasteiger partial charge in [-0.3, -0.25) is 4.79 Å². The number of Topliss-reactive ketones (excluding diaryl/α,β-unsaturated/α-hetero) is 1. The molecule has 0 aliphatic carbocycles. The van der Waals surface area contributed by atoms with Gasteiger partial charge in [0.05, 0.1) is 13.1 Å². The lowest BCUT2D eigenvalue weighted by molar-refractivity contribution is -0.117. The lowest BCUT2D eigenvalue weighted by atomic mass is 10.4. The summed E-state index contributed by atoms with van der Waals surface area (Å²) in [6.07, 6.45) is 3.45. The van der Waals surface area contributed by atoms with E-state index in [-0.39, 0.29) is 5.78 Å². The van der Waals surface area contributed by atoms with Gasteiger partial charge in [-0.1, -0.05) is 12.2 Å². The minimum atomic E-state index is 0.152. The topological polar surface area (TPSA) is 41.1 Å². The Hall–Kier alpha value is -0.930. The van der Waals surface area contributed by atoms with E-state index in [0.717, 1.165) is 0 Å². The number of nitrogens with one attached hydrogen (secondary N) is 2. The van der Waals surface area contributed by atoms with E-state index in [9.17, 15) is 4.79 Å². The molecule has 3 nitrogen and oxygen atoms in total. The van der Waals surface area contributed by atoms with Crippen LogP contribution < -0.4 is 10.6 Å². The van der Waals surface area contributed by atoms with E-state index in [0.29, 0.717) is 26.2 Å². The Morgan fingerprint density at radius 1 is 1.08 bits per heavy atom. The first kappa shape index (κ1) is 11.1. The fourth-order valence-corrected chi connectivity index (χ4v) is 0.690. The van der Waals surface area contributed by atoms with Crippen LogP contribution in [-0.4, -0.2) is 32.0 Å². The van der Waals surface area contributed by atoms with E-state index in [1.807, 2.05) is 0 Å². The lowest BCUT2D eigenvalue weighted by Gasteiger charge is -2.01. The van der Waals surface area contributed by atoms with Gasteiger partial charge in [0.2, 0.25) is 0 Å². The molecule has 0 bridgehead atoms. The van der Waals surface area contributed by atoms with Gasteiger partial charge in [-0.2, -0.15) is 0 Å². The average molecular weight is 168 g/mol. The van der Waals surface area contributed by atoms with Crippen molar-refractivity contribution >= 4 is 5.78 Å². The van der Waals surface area contributed by atoms with Crippen molar-refractivity contribution in [3.8, 4) is 0 Å². The number of ketones is 1. The molecule has 0 saturated carbocycles. The van der Waals surface area contributed by atoms with Gasteiger partial charge in [0, 0.05) is 13.1 Å². The van der Waals surface area contributed by atoms with Crippen LogP contribution in [-0.2, 0) is 4.79 Å². The molecule has 12 heavy (non-hydrogen) atoms. The van der Waals surface area contributed by atoms with Gasteiger partial charge in [-0.25, -0.2) is 0 Å². The van der Waals surface area contributed by atoms with E-state index in [1.165, 1.54) is 0 Å². The maximum atomic E-state index is 11.0. The third kappa shape index (κ3) is 7.18. The van der Waals surface area contributed by atoms with Crippen molar-refractivity contribution in [2.24, 2.45) is 0 Å². The molecule has 0 fully saturated rings. The summed E-state index contributed by atoms with van der Waals surface area (Å²) < 4.78 is 0. The Labute approximate surface area is 73.5 Å². The zero-order chi connectivity index (χ0) is 9.23.